The molecule has 2 aromatic rings. The number of ether oxygens (including phenoxy) is 1. The average Bonchev–Trinajstić information content (AvgIpc) is 2.81. The van der Waals surface area contributed by atoms with E-state index in [2.05, 4.69) is 76.7 Å². The van der Waals surface area contributed by atoms with Gasteiger partial charge in [-0.3, -0.25) is 0 Å². The van der Waals surface area contributed by atoms with Gasteiger partial charge in [0.1, 0.15) is 0 Å². The molecule has 176 valence electrons. The number of carbonyl (C=O) groups is 1. The molecule has 0 atom stereocenters. The first kappa shape index (κ1) is 25.0. The summed E-state index contributed by atoms with van der Waals surface area (Å²) >= 11 is 0. The molecule has 0 saturated carbocycles. The van der Waals surface area contributed by atoms with E-state index >= 15 is 0 Å². The zero-order valence-corrected chi connectivity index (χ0v) is 21.0. The zero-order chi connectivity index (χ0) is 23.8. The maximum atomic E-state index is 11.1. The quantitative estimate of drug-likeness (QED) is 0.212. The fourth-order valence-corrected chi connectivity index (χ4v) is 4.73. The number of benzene rings is 2. The van der Waals surface area contributed by atoms with Gasteiger partial charge in [0.05, 0.1) is 6.61 Å². The first-order chi connectivity index (χ1) is 15.8. The number of fused-ring (bicyclic) bond motifs is 1. The minimum atomic E-state index is -0.324. The van der Waals surface area contributed by atoms with Crippen LogP contribution in [-0.2, 0) is 34.2 Å². The number of hydrogen-bond donors (Lipinski definition) is 0. The molecule has 0 amide bonds. The largest absolute Gasteiger partial charge is 0.463 e. The van der Waals surface area contributed by atoms with Crippen molar-refractivity contribution in [3.05, 3.63) is 82.4 Å². The topological polar surface area (TPSA) is 26.3 Å². The van der Waals surface area contributed by atoms with Gasteiger partial charge in [-0.2, -0.15) is 0 Å². The Bertz CT molecular complexity index is 1000. The van der Waals surface area contributed by atoms with Crippen LogP contribution in [0.3, 0.4) is 0 Å². The molecule has 2 nitrogen and oxygen atoms in total. The lowest BCUT2D eigenvalue weighted by Crippen LogP contribution is -2.12. The normalized spacial score (nSPS) is 13.3. The molecule has 0 heterocycles. The monoisotopic (exact) mass is 444 g/mol. The Morgan fingerprint density at radius 3 is 2.55 bits per heavy atom. The molecule has 0 unspecified atom stereocenters. The third-order valence-corrected chi connectivity index (χ3v) is 6.73. The summed E-state index contributed by atoms with van der Waals surface area (Å²) in [5.74, 6) is -0.324. The van der Waals surface area contributed by atoms with Crippen molar-refractivity contribution in [2.75, 3.05) is 6.61 Å². The zero-order valence-electron chi connectivity index (χ0n) is 21.0. The van der Waals surface area contributed by atoms with Crippen LogP contribution < -0.4 is 0 Å². The standard InChI is InChI=1S/C31H40O2/c1-6-23-22-27(31(3,4)5)17-19-28(23)26-16-18-29-24(14-12-15-25(29)21-26)13-10-8-9-11-20-33-30(32)7-2/h7,12,14-15,17,19,21-22H,2,6,8-11,13,16,18,20H2,1,3-5H3. The number of rotatable bonds is 10. The van der Waals surface area contributed by atoms with Crippen molar-refractivity contribution in [3.63, 3.8) is 0 Å². The van der Waals surface area contributed by atoms with Crippen molar-refractivity contribution < 1.29 is 9.53 Å². The summed E-state index contributed by atoms with van der Waals surface area (Å²) in [4.78, 5) is 11.1. The second-order valence-corrected chi connectivity index (χ2v) is 10.2. The first-order valence-corrected chi connectivity index (χ1v) is 12.6. The molecule has 2 aromatic carbocycles. The Hall–Kier alpha value is -2.61. The fraction of sp³-hybridized carbons (Fsp3) is 0.452. The lowest BCUT2D eigenvalue weighted by molar-refractivity contribution is -0.137. The number of esters is 1. The van der Waals surface area contributed by atoms with Crippen LogP contribution >= 0.6 is 0 Å². The van der Waals surface area contributed by atoms with Crippen LogP contribution in [0.5, 0.6) is 0 Å². The first-order valence-electron chi connectivity index (χ1n) is 12.6. The summed E-state index contributed by atoms with van der Waals surface area (Å²) in [6.45, 7) is 13.1. The molecular weight excluding hydrogens is 404 g/mol. The van der Waals surface area contributed by atoms with Gasteiger partial charge >= 0.3 is 5.97 Å². The summed E-state index contributed by atoms with van der Waals surface area (Å²) in [7, 11) is 0. The maximum Gasteiger partial charge on any atom is 0.330 e. The minimum Gasteiger partial charge on any atom is -0.463 e. The van der Waals surface area contributed by atoms with Gasteiger partial charge in [0, 0.05) is 6.08 Å². The number of allylic oxidation sites excluding steroid dienone is 1. The number of aryl methyl sites for hydroxylation is 2. The van der Waals surface area contributed by atoms with E-state index in [0.717, 1.165) is 44.9 Å². The average molecular weight is 445 g/mol. The molecule has 3 rings (SSSR count). The van der Waals surface area contributed by atoms with Gasteiger partial charge in [0.15, 0.2) is 0 Å². The fourth-order valence-electron chi connectivity index (χ4n) is 4.73. The molecule has 0 bridgehead atoms. The SMILES string of the molecule is C=CC(=O)OCCCCCCc1cccc2c1CCC(c1ccc(C(C)(C)C)cc1CC)=C2. The van der Waals surface area contributed by atoms with Crippen LogP contribution in [0.15, 0.2) is 49.1 Å². The summed E-state index contributed by atoms with van der Waals surface area (Å²) in [5.41, 5.74) is 10.4. The number of carbonyl (C=O) groups excluding carboxylic acids is 1. The van der Waals surface area contributed by atoms with Gasteiger partial charge in [-0.15, -0.1) is 0 Å². The van der Waals surface area contributed by atoms with Gasteiger partial charge in [-0.1, -0.05) is 89.6 Å². The van der Waals surface area contributed by atoms with E-state index in [4.69, 9.17) is 4.74 Å². The van der Waals surface area contributed by atoms with E-state index in [1.807, 2.05) is 0 Å². The van der Waals surface area contributed by atoms with Crippen LogP contribution in [0, 0.1) is 0 Å². The van der Waals surface area contributed by atoms with Crippen LogP contribution in [0.25, 0.3) is 11.6 Å². The number of unbranched alkanes of at least 4 members (excludes halogenated alkanes) is 3. The van der Waals surface area contributed by atoms with E-state index in [-0.39, 0.29) is 11.4 Å². The summed E-state index contributed by atoms with van der Waals surface area (Å²) in [6.07, 6.45) is 12.4. The van der Waals surface area contributed by atoms with E-state index < -0.39 is 0 Å². The predicted octanol–water partition coefficient (Wildman–Crippen LogP) is 7.87. The molecule has 1 aliphatic carbocycles. The van der Waals surface area contributed by atoms with Crippen LogP contribution in [0.1, 0.15) is 93.2 Å². The molecule has 1 aliphatic rings. The molecule has 0 radical (unpaired) electrons. The highest BCUT2D eigenvalue weighted by Crippen LogP contribution is 2.35. The summed E-state index contributed by atoms with van der Waals surface area (Å²) < 4.78 is 5.05. The van der Waals surface area contributed by atoms with Crippen molar-refractivity contribution in [2.24, 2.45) is 0 Å². The molecule has 0 aliphatic heterocycles. The Balaban J connectivity index is 1.65. The maximum absolute atomic E-state index is 11.1. The van der Waals surface area contributed by atoms with E-state index in [1.165, 1.54) is 51.5 Å². The van der Waals surface area contributed by atoms with Crippen molar-refractivity contribution in [3.8, 4) is 0 Å². The lowest BCUT2D eigenvalue weighted by atomic mass is 9.81. The lowest BCUT2D eigenvalue weighted by Gasteiger charge is -2.24. The third-order valence-electron chi connectivity index (χ3n) is 6.73. The van der Waals surface area contributed by atoms with Crippen LogP contribution in [0.2, 0.25) is 0 Å². The highest BCUT2D eigenvalue weighted by molar-refractivity contribution is 5.86. The van der Waals surface area contributed by atoms with E-state index in [0.29, 0.717) is 6.61 Å². The summed E-state index contributed by atoms with van der Waals surface area (Å²) in [5, 5.41) is 0. The minimum absolute atomic E-state index is 0.181. The van der Waals surface area contributed by atoms with Gasteiger partial charge in [-0.25, -0.2) is 4.79 Å². The van der Waals surface area contributed by atoms with Crippen molar-refractivity contribution in [1.82, 2.24) is 0 Å². The van der Waals surface area contributed by atoms with Crippen molar-refractivity contribution >= 4 is 17.6 Å². The summed E-state index contributed by atoms with van der Waals surface area (Å²) in [6, 6.07) is 13.9. The van der Waals surface area contributed by atoms with E-state index in [1.54, 1.807) is 0 Å². The highest BCUT2D eigenvalue weighted by atomic mass is 16.5. The molecule has 0 spiro atoms. The van der Waals surface area contributed by atoms with Crippen LogP contribution in [0.4, 0.5) is 0 Å². The molecule has 0 fully saturated rings. The molecule has 33 heavy (non-hydrogen) atoms. The smallest absolute Gasteiger partial charge is 0.330 e. The molecule has 0 saturated heterocycles. The van der Waals surface area contributed by atoms with Gasteiger partial charge in [-0.05, 0) is 82.9 Å². The Kier molecular flexibility index (Phi) is 8.72. The Morgan fingerprint density at radius 2 is 1.82 bits per heavy atom. The second-order valence-electron chi connectivity index (χ2n) is 10.2. The van der Waals surface area contributed by atoms with Crippen molar-refractivity contribution in [2.45, 2.75) is 84.5 Å². The molecule has 2 heteroatoms. The Labute approximate surface area is 200 Å². The third kappa shape index (κ3) is 6.69. The predicted molar refractivity (Wildman–Crippen MR) is 140 cm³/mol. The van der Waals surface area contributed by atoms with Gasteiger partial charge < -0.3 is 4.74 Å². The molecule has 0 aromatic heterocycles. The van der Waals surface area contributed by atoms with Crippen LogP contribution in [-0.4, -0.2) is 12.6 Å². The number of hydrogen-bond acceptors (Lipinski definition) is 2. The van der Waals surface area contributed by atoms with Crippen molar-refractivity contribution in [1.29, 1.82) is 0 Å². The van der Waals surface area contributed by atoms with Gasteiger partial charge in [0.2, 0.25) is 0 Å². The second kappa shape index (κ2) is 11.5. The van der Waals surface area contributed by atoms with E-state index in [9.17, 15) is 4.79 Å². The highest BCUT2D eigenvalue weighted by Gasteiger charge is 2.19. The molecule has 0 N–H and O–H groups in total. The Morgan fingerprint density at radius 1 is 1.03 bits per heavy atom. The molecular formula is C31H40O2. The van der Waals surface area contributed by atoms with Gasteiger partial charge in [0.25, 0.3) is 0 Å².